The Morgan fingerprint density at radius 2 is 1.94 bits per heavy atom. The predicted molar refractivity (Wildman–Crippen MR) is 66.0 cm³/mol. The van der Waals surface area contributed by atoms with Gasteiger partial charge in [-0.1, -0.05) is 25.1 Å². The molecule has 0 heterocycles. The van der Waals surface area contributed by atoms with Crippen LogP contribution in [0.5, 0.6) is 0 Å². The van der Waals surface area contributed by atoms with E-state index in [9.17, 15) is 9.59 Å². The van der Waals surface area contributed by atoms with E-state index >= 15 is 0 Å². The Hall–Kier alpha value is -1.84. The number of aliphatic carboxylic acids is 1. The summed E-state index contributed by atoms with van der Waals surface area (Å²) in [5.41, 5.74) is 1.81. The molecule has 1 atom stereocenters. The van der Waals surface area contributed by atoms with Crippen molar-refractivity contribution < 1.29 is 14.7 Å². The second-order valence-corrected chi connectivity index (χ2v) is 4.18. The maximum absolute atomic E-state index is 11.9. The van der Waals surface area contributed by atoms with Crippen molar-refractivity contribution in [3.63, 3.8) is 0 Å². The first-order chi connectivity index (χ1) is 7.93. The molecule has 0 aromatic heterocycles. The van der Waals surface area contributed by atoms with Gasteiger partial charge in [-0.2, -0.15) is 0 Å². The topological polar surface area (TPSA) is 57.6 Å². The van der Waals surface area contributed by atoms with Crippen molar-refractivity contribution in [2.75, 3.05) is 11.9 Å². The quantitative estimate of drug-likeness (QED) is 0.869. The van der Waals surface area contributed by atoms with Crippen LogP contribution in [0.4, 0.5) is 5.69 Å². The summed E-state index contributed by atoms with van der Waals surface area (Å²) in [4.78, 5) is 24.1. The molecule has 1 unspecified atom stereocenters. The van der Waals surface area contributed by atoms with E-state index < -0.39 is 11.9 Å². The van der Waals surface area contributed by atoms with E-state index in [1.54, 1.807) is 7.05 Å². The van der Waals surface area contributed by atoms with Gasteiger partial charge in [-0.3, -0.25) is 9.59 Å². The number of amides is 1. The van der Waals surface area contributed by atoms with E-state index in [-0.39, 0.29) is 12.3 Å². The highest BCUT2D eigenvalue weighted by molar-refractivity contribution is 5.95. The van der Waals surface area contributed by atoms with Crippen LogP contribution in [0, 0.1) is 12.8 Å². The van der Waals surface area contributed by atoms with Crippen LogP contribution in [-0.4, -0.2) is 24.0 Å². The molecule has 0 spiro atoms. The van der Waals surface area contributed by atoms with E-state index in [1.807, 2.05) is 31.2 Å². The molecule has 0 saturated carbocycles. The molecule has 0 aliphatic carbocycles. The second-order valence-electron chi connectivity index (χ2n) is 4.18. The summed E-state index contributed by atoms with van der Waals surface area (Å²) in [6, 6.07) is 7.52. The van der Waals surface area contributed by atoms with Gasteiger partial charge < -0.3 is 10.0 Å². The molecule has 1 amide bonds. The standard InChI is InChI=1S/C13H17NO3/c1-9-6-4-5-7-11(9)14(3)12(15)8-10(2)13(16)17/h4-7,10H,8H2,1-3H3,(H,16,17). The third-order valence-electron chi connectivity index (χ3n) is 2.75. The molecule has 4 nitrogen and oxygen atoms in total. The first kappa shape index (κ1) is 13.2. The largest absolute Gasteiger partial charge is 0.481 e. The number of hydrogen-bond acceptors (Lipinski definition) is 2. The molecule has 0 aliphatic rings. The Morgan fingerprint density at radius 3 is 2.47 bits per heavy atom. The lowest BCUT2D eigenvalue weighted by Gasteiger charge is -2.20. The molecular formula is C13H17NO3. The van der Waals surface area contributed by atoms with Gasteiger partial charge in [0.1, 0.15) is 0 Å². The lowest BCUT2D eigenvalue weighted by atomic mass is 10.1. The maximum Gasteiger partial charge on any atom is 0.306 e. The highest BCUT2D eigenvalue weighted by Gasteiger charge is 2.19. The third kappa shape index (κ3) is 3.31. The molecule has 0 fully saturated rings. The smallest absolute Gasteiger partial charge is 0.306 e. The predicted octanol–water partition coefficient (Wildman–Crippen LogP) is 2.07. The summed E-state index contributed by atoms with van der Waals surface area (Å²) < 4.78 is 0. The molecule has 0 bridgehead atoms. The number of nitrogens with zero attached hydrogens (tertiary/aromatic N) is 1. The molecule has 1 rings (SSSR count). The summed E-state index contributed by atoms with van der Waals surface area (Å²) in [5.74, 6) is -1.79. The fraction of sp³-hybridized carbons (Fsp3) is 0.385. The highest BCUT2D eigenvalue weighted by Crippen LogP contribution is 2.19. The molecule has 0 saturated heterocycles. The number of para-hydroxylation sites is 1. The first-order valence-corrected chi connectivity index (χ1v) is 5.48. The SMILES string of the molecule is Cc1ccccc1N(C)C(=O)CC(C)C(=O)O. The van der Waals surface area contributed by atoms with Gasteiger partial charge in [0.15, 0.2) is 0 Å². The van der Waals surface area contributed by atoms with Crippen LogP contribution in [0.1, 0.15) is 18.9 Å². The van der Waals surface area contributed by atoms with E-state index in [4.69, 9.17) is 5.11 Å². The van der Waals surface area contributed by atoms with E-state index in [1.165, 1.54) is 11.8 Å². The van der Waals surface area contributed by atoms with Crippen LogP contribution in [-0.2, 0) is 9.59 Å². The average molecular weight is 235 g/mol. The number of carbonyl (C=O) groups excluding carboxylic acids is 1. The summed E-state index contributed by atoms with van der Waals surface area (Å²) in [6.45, 7) is 3.45. The minimum atomic E-state index is -0.948. The van der Waals surface area contributed by atoms with Crippen molar-refractivity contribution in [1.82, 2.24) is 0 Å². The van der Waals surface area contributed by atoms with Gasteiger partial charge in [-0.15, -0.1) is 0 Å². The van der Waals surface area contributed by atoms with Crippen LogP contribution in [0.25, 0.3) is 0 Å². The number of anilines is 1. The van der Waals surface area contributed by atoms with Crippen LogP contribution in [0.15, 0.2) is 24.3 Å². The van der Waals surface area contributed by atoms with Gasteiger partial charge in [0.2, 0.25) is 5.91 Å². The Bertz CT molecular complexity index is 428. The van der Waals surface area contributed by atoms with Crippen molar-refractivity contribution in [3.8, 4) is 0 Å². The number of benzene rings is 1. The van der Waals surface area contributed by atoms with Gasteiger partial charge in [-0.05, 0) is 18.6 Å². The monoisotopic (exact) mass is 235 g/mol. The van der Waals surface area contributed by atoms with Crippen LogP contribution < -0.4 is 4.90 Å². The second kappa shape index (κ2) is 5.48. The number of aryl methyl sites for hydroxylation is 1. The lowest BCUT2D eigenvalue weighted by Crippen LogP contribution is -2.29. The van der Waals surface area contributed by atoms with Crippen molar-refractivity contribution in [3.05, 3.63) is 29.8 Å². The minimum Gasteiger partial charge on any atom is -0.481 e. The average Bonchev–Trinajstić information content (AvgIpc) is 2.28. The number of carbonyl (C=O) groups is 2. The van der Waals surface area contributed by atoms with E-state index in [2.05, 4.69) is 0 Å². The molecule has 1 N–H and O–H groups in total. The molecule has 0 radical (unpaired) electrons. The molecule has 1 aromatic rings. The highest BCUT2D eigenvalue weighted by atomic mass is 16.4. The Kier molecular flexibility index (Phi) is 4.26. The summed E-state index contributed by atoms with van der Waals surface area (Å²) >= 11 is 0. The minimum absolute atomic E-state index is 0.0141. The van der Waals surface area contributed by atoms with E-state index in [0.717, 1.165) is 11.3 Å². The summed E-state index contributed by atoms with van der Waals surface area (Å²) in [5, 5.41) is 8.77. The van der Waals surface area contributed by atoms with Gasteiger partial charge in [0.05, 0.1) is 5.92 Å². The van der Waals surface area contributed by atoms with Gasteiger partial charge in [0.25, 0.3) is 0 Å². The van der Waals surface area contributed by atoms with Crippen molar-refractivity contribution >= 4 is 17.6 Å². The van der Waals surface area contributed by atoms with Gasteiger partial charge in [0, 0.05) is 19.2 Å². The zero-order chi connectivity index (χ0) is 13.0. The fourth-order valence-electron chi connectivity index (χ4n) is 1.56. The van der Waals surface area contributed by atoms with Gasteiger partial charge >= 0.3 is 5.97 Å². The molecule has 4 heteroatoms. The van der Waals surface area contributed by atoms with Crippen molar-refractivity contribution in [2.24, 2.45) is 5.92 Å². The van der Waals surface area contributed by atoms with Crippen LogP contribution in [0.2, 0.25) is 0 Å². The fourth-order valence-corrected chi connectivity index (χ4v) is 1.56. The zero-order valence-corrected chi connectivity index (χ0v) is 10.3. The van der Waals surface area contributed by atoms with Crippen LogP contribution in [0.3, 0.4) is 0 Å². The van der Waals surface area contributed by atoms with E-state index in [0.29, 0.717) is 0 Å². The molecule has 17 heavy (non-hydrogen) atoms. The first-order valence-electron chi connectivity index (χ1n) is 5.48. The molecule has 92 valence electrons. The zero-order valence-electron chi connectivity index (χ0n) is 10.3. The molecule has 0 aliphatic heterocycles. The molecule has 1 aromatic carbocycles. The number of hydrogen-bond donors (Lipinski definition) is 1. The summed E-state index contributed by atoms with van der Waals surface area (Å²) in [7, 11) is 1.67. The maximum atomic E-state index is 11.9. The Labute approximate surface area is 101 Å². The van der Waals surface area contributed by atoms with Gasteiger partial charge in [-0.25, -0.2) is 0 Å². The number of carboxylic acids is 1. The molecular weight excluding hydrogens is 218 g/mol. The van der Waals surface area contributed by atoms with Crippen molar-refractivity contribution in [1.29, 1.82) is 0 Å². The Morgan fingerprint density at radius 1 is 1.35 bits per heavy atom. The lowest BCUT2D eigenvalue weighted by molar-refractivity contribution is -0.143. The number of carboxylic acid groups (broad SMARTS) is 1. The third-order valence-corrected chi connectivity index (χ3v) is 2.75. The van der Waals surface area contributed by atoms with Crippen LogP contribution >= 0.6 is 0 Å². The Balaban J connectivity index is 2.77. The normalized spacial score (nSPS) is 11.9. The number of rotatable bonds is 4. The van der Waals surface area contributed by atoms with Crippen molar-refractivity contribution in [2.45, 2.75) is 20.3 Å². The summed E-state index contributed by atoms with van der Waals surface area (Å²) in [6.07, 6.45) is 0.0141.